The molecule has 184 valence electrons. The summed E-state index contributed by atoms with van der Waals surface area (Å²) in [6.07, 6.45) is 1.43. The van der Waals surface area contributed by atoms with Gasteiger partial charge < -0.3 is 14.6 Å². The van der Waals surface area contributed by atoms with Gasteiger partial charge in [0.05, 0.1) is 26.2 Å². The van der Waals surface area contributed by atoms with Crippen molar-refractivity contribution in [3.63, 3.8) is 0 Å². The van der Waals surface area contributed by atoms with Crippen molar-refractivity contribution in [1.29, 1.82) is 0 Å². The van der Waals surface area contributed by atoms with Crippen LogP contribution in [0.15, 0.2) is 77.0 Å². The maximum absolute atomic E-state index is 12.5. The van der Waals surface area contributed by atoms with Gasteiger partial charge in [0.2, 0.25) is 5.75 Å². The summed E-state index contributed by atoms with van der Waals surface area (Å²) in [6, 6.07) is 20.1. The minimum absolute atomic E-state index is 0.0556. The summed E-state index contributed by atoms with van der Waals surface area (Å²) in [4.78, 5) is 12.5. The number of thioether (sulfide) groups is 1. The molecule has 0 unspecified atom stereocenters. The van der Waals surface area contributed by atoms with Crippen LogP contribution in [0.5, 0.6) is 17.2 Å². The number of benzene rings is 3. The molecule has 2 N–H and O–H groups in total. The molecule has 1 amide bonds. The number of aromatic hydroxyl groups is 1. The fraction of sp³-hybridized carbons (Fsp3) is 0.120. The van der Waals surface area contributed by atoms with E-state index in [0.29, 0.717) is 21.6 Å². The van der Waals surface area contributed by atoms with Crippen molar-refractivity contribution in [2.45, 2.75) is 5.16 Å². The second kappa shape index (κ2) is 11.6. The second-order valence-electron chi connectivity index (χ2n) is 7.34. The first-order chi connectivity index (χ1) is 17.5. The van der Waals surface area contributed by atoms with Gasteiger partial charge in [0.1, 0.15) is 0 Å². The Kier molecular flexibility index (Phi) is 8.09. The first-order valence-corrected chi connectivity index (χ1v) is 12.0. The van der Waals surface area contributed by atoms with Gasteiger partial charge >= 0.3 is 0 Å². The highest BCUT2D eigenvalue weighted by atomic mass is 35.5. The predicted octanol–water partition coefficient (Wildman–Crippen LogP) is 4.55. The minimum atomic E-state index is -0.333. The van der Waals surface area contributed by atoms with E-state index in [2.05, 4.69) is 20.7 Å². The second-order valence-corrected chi connectivity index (χ2v) is 8.72. The number of aromatic nitrogens is 3. The maximum atomic E-state index is 12.5. The molecular weight excluding hydrogens is 502 g/mol. The number of carbonyl (C=O) groups is 1. The number of methoxy groups -OCH3 is 2. The Morgan fingerprint density at radius 2 is 1.75 bits per heavy atom. The van der Waals surface area contributed by atoms with Gasteiger partial charge in [-0.1, -0.05) is 53.7 Å². The highest BCUT2D eigenvalue weighted by Gasteiger charge is 2.17. The molecule has 0 saturated heterocycles. The molecular formula is C25H22ClN5O4S. The molecule has 0 radical (unpaired) electrons. The van der Waals surface area contributed by atoms with Crippen molar-refractivity contribution >= 4 is 35.5 Å². The van der Waals surface area contributed by atoms with E-state index in [1.807, 2.05) is 47.0 Å². The highest BCUT2D eigenvalue weighted by molar-refractivity contribution is 7.99. The van der Waals surface area contributed by atoms with E-state index in [1.54, 1.807) is 24.3 Å². The van der Waals surface area contributed by atoms with Gasteiger partial charge in [0.25, 0.3) is 5.91 Å². The Bertz CT molecular complexity index is 1350. The number of amides is 1. The quantitative estimate of drug-likeness (QED) is 0.188. The van der Waals surface area contributed by atoms with E-state index in [-0.39, 0.29) is 28.9 Å². The van der Waals surface area contributed by atoms with Crippen LogP contribution >= 0.6 is 23.4 Å². The number of ether oxygens (including phenoxy) is 2. The lowest BCUT2D eigenvalue weighted by molar-refractivity contribution is -0.118. The largest absolute Gasteiger partial charge is 0.502 e. The molecule has 1 heterocycles. The monoisotopic (exact) mass is 523 g/mol. The van der Waals surface area contributed by atoms with Crippen LogP contribution in [0.2, 0.25) is 5.02 Å². The number of phenols is 1. The summed E-state index contributed by atoms with van der Waals surface area (Å²) in [5, 5.41) is 23.8. The number of hydrazone groups is 1. The number of halogens is 1. The molecule has 36 heavy (non-hydrogen) atoms. The standard InChI is InChI=1S/C25H22ClN5O4S/c1-34-20-12-16(13-21(35-2)23(20)33)14-27-28-22(32)15-36-25-30-29-24(17-6-4-3-5-7-17)31(25)19-10-8-18(26)9-11-19/h3-14,33H,15H2,1-2H3,(H,28,32)/b27-14+. The third-order valence-electron chi connectivity index (χ3n) is 4.99. The van der Waals surface area contributed by atoms with Crippen LogP contribution in [-0.2, 0) is 4.79 Å². The molecule has 0 aliphatic heterocycles. The summed E-state index contributed by atoms with van der Waals surface area (Å²) in [5.74, 6) is 0.717. The molecule has 11 heteroatoms. The maximum Gasteiger partial charge on any atom is 0.250 e. The number of hydrogen-bond acceptors (Lipinski definition) is 8. The Morgan fingerprint density at radius 1 is 1.08 bits per heavy atom. The molecule has 0 atom stereocenters. The summed E-state index contributed by atoms with van der Waals surface area (Å²) in [5.41, 5.74) is 4.77. The molecule has 1 aromatic heterocycles. The zero-order valence-corrected chi connectivity index (χ0v) is 21.0. The van der Waals surface area contributed by atoms with Gasteiger partial charge in [-0.15, -0.1) is 10.2 Å². The van der Waals surface area contributed by atoms with Crippen molar-refractivity contribution in [3.8, 4) is 34.3 Å². The number of nitrogens with one attached hydrogen (secondary N) is 1. The van der Waals surface area contributed by atoms with E-state index in [4.69, 9.17) is 21.1 Å². The van der Waals surface area contributed by atoms with E-state index in [1.165, 1.54) is 32.2 Å². The van der Waals surface area contributed by atoms with Gasteiger partial charge in [-0.25, -0.2) is 5.43 Å². The Hall–Kier alpha value is -4.02. The highest BCUT2D eigenvalue weighted by Crippen LogP contribution is 2.36. The van der Waals surface area contributed by atoms with Gasteiger partial charge in [0, 0.05) is 21.8 Å². The minimum Gasteiger partial charge on any atom is -0.502 e. The molecule has 3 aromatic carbocycles. The lowest BCUT2D eigenvalue weighted by Gasteiger charge is -2.10. The molecule has 0 saturated carbocycles. The van der Waals surface area contributed by atoms with Crippen LogP contribution in [0.3, 0.4) is 0 Å². The van der Waals surface area contributed by atoms with E-state index >= 15 is 0 Å². The molecule has 0 aliphatic rings. The number of carbonyl (C=O) groups excluding carboxylic acids is 1. The molecule has 4 rings (SSSR count). The van der Waals surface area contributed by atoms with Crippen molar-refractivity contribution in [3.05, 3.63) is 77.3 Å². The first kappa shape index (κ1) is 25.1. The van der Waals surface area contributed by atoms with Crippen LogP contribution < -0.4 is 14.9 Å². The van der Waals surface area contributed by atoms with Crippen LogP contribution in [0.25, 0.3) is 17.1 Å². The van der Waals surface area contributed by atoms with Gasteiger partial charge in [-0.05, 0) is 36.4 Å². The topological polar surface area (TPSA) is 111 Å². The van der Waals surface area contributed by atoms with Crippen LogP contribution in [-0.4, -0.2) is 52.0 Å². The lowest BCUT2D eigenvalue weighted by atomic mass is 10.2. The average molecular weight is 524 g/mol. The normalized spacial score (nSPS) is 11.0. The predicted molar refractivity (Wildman–Crippen MR) is 139 cm³/mol. The Morgan fingerprint density at radius 3 is 2.39 bits per heavy atom. The van der Waals surface area contributed by atoms with Crippen molar-refractivity contribution in [1.82, 2.24) is 20.2 Å². The van der Waals surface area contributed by atoms with Gasteiger partial charge in [-0.2, -0.15) is 5.10 Å². The van der Waals surface area contributed by atoms with E-state index in [0.717, 1.165) is 11.3 Å². The van der Waals surface area contributed by atoms with Crippen LogP contribution in [0.1, 0.15) is 5.56 Å². The van der Waals surface area contributed by atoms with Crippen LogP contribution in [0, 0.1) is 0 Å². The van der Waals surface area contributed by atoms with Crippen LogP contribution in [0.4, 0.5) is 0 Å². The van der Waals surface area contributed by atoms with E-state index in [9.17, 15) is 9.90 Å². The molecule has 9 nitrogen and oxygen atoms in total. The molecule has 0 spiro atoms. The lowest BCUT2D eigenvalue weighted by Crippen LogP contribution is -2.20. The number of hydrogen-bond donors (Lipinski definition) is 2. The average Bonchev–Trinajstić information content (AvgIpc) is 3.33. The zero-order chi connectivity index (χ0) is 25.5. The molecule has 4 aromatic rings. The van der Waals surface area contributed by atoms with Gasteiger partial charge in [0.15, 0.2) is 22.5 Å². The van der Waals surface area contributed by atoms with Crippen molar-refractivity contribution in [2.24, 2.45) is 5.10 Å². The summed E-state index contributed by atoms with van der Waals surface area (Å²) < 4.78 is 12.1. The number of nitrogens with zero attached hydrogens (tertiary/aromatic N) is 4. The van der Waals surface area contributed by atoms with Crippen molar-refractivity contribution in [2.75, 3.05) is 20.0 Å². The fourth-order valence-corrected chi connectivity index (χ4v) is 4.16. The summed E-state index contributed by atoms with van der Waals surface area (Å²) in [7, 11) is 2.86. The molecule has 0 bridgehead atoms. The van der Waals surface area contributed by atoms with Crippen molar-refractivity contribution < 1.29 is 19.4 Å². The SMILES string of the molecule is COc1cc(/C=N/NC(=O)CSc2nnc(-c3ccccc3)n2-c2ccc(Cl)cc2)cc(OC)c1O. The number of rotatable bonds is 9. The molecule has 0 aliphatic carbocycles. The smallest absolute Gasteiger partial charge is 0.250 e. The fourth-order valence-electron chi connectivity index (χ4n) is 3.29. The Labute approximate surface area is 216 Å². The molecule has 0 fully saturated rings. The summed E-state index contributed by atoms with van der Waals surface area (Å²) >= 11 is 7.30. The van der Waals surface area contributed by atoms with E-state index < -0.39 is 0 Å². The third-order valence-corrected chi connectivity index (χ3v) is 6.17. The first-order valence-electron chi connectivity index (χ1n) is 10.7. The summed E-state index contributed by atoms with van der Waals surface area (Å²) in [6.45, 7) is 0. The van der Waals surface area contributed by atoms with Gasteiger partial charge in [-0.3, -0.25) is 9.36 Å². The Balaban J connectivity index is 1.48. The zero-order valence-electron chi connectivity index (χ0n) is 19.4. The third kappa shape index (κ3) is 5.78. The number of phenolic OH excluding ortho intramolecular Hbond substituents is 1.